The fourth-order valence-corrected chi connectivity index (χ4v) is 0.788. The lowest BCUT2D eigenvalue weighted by atomic mass is 9.96. The summed E-state index contributed by atoms with van der Waals surface area (Å²) in [4.78, 5) is 12.4. The summed E-state index contributed by atoms with van der Waals surface area (Å²) < 4.78 is 0. The zero-order valence-corrected chi connectivity index (χ0v) is 8.24. The first-order chi connectivity index (χ1) is 5.92. The van der Waals surface area contributed by atoms with Gasteiger partial charge in [-0.05, 0) is 21.0 Å². The molecule has 0 fully saturated rings. The van der Waals surface area contributed by atoms with E-state index in [-0.39, 0.29) is 0 Å². The lowest BCUT2D eigenvalue weighted by Gasteiger charge is -2.31. The summed E-state index contributed by atoms with van der Waals surface area (Å²) in [6.45, 7) is 1.87. The SMILES string of the molecule is CN(C)C(C)(C=CC(N)=O)CC#N. The van der Waals surface area contributed by atoms with Gasteiger partial charge in [0, 0.05) is 11.6 Å². The molecule has 0 aromatic rings. The molecule has 0 aromatic carbocycles. The van der Waals surface area contributed by atoms with Crippen LogP contribution in [0, 0.1) is 11.3 Å². The fourth-order valence-electron chi connectivity index (χ4n) is 0.788. The van der Waals surface area contributed by atoms with Crippen molar-refractivity contribution >= 4 is 5.91 Å². The summed E-state index contributed by atoms with van der Waals surface area (Å²) in [6, 6.07) is 2.07. The maximum Gasteiger partial charge on any atom is 0.241 e. The van der Waals surface area contributed by atoms with Crippen LogP contribution >= 0.6 is 0 Å². The molecule has 0 saturated heterocycles. The molecule has 0 spiro atoms. The second kappa shape index (κ2) is 4.63. The number of amides is 1. The molecular weight excluding hydrogens is 166 g/mol. The molecule has 2 N–H and O–H groups in total. The van der Waals surface area contributed by atoms with Crippen molar-refractivity contribution in [1.29, 1.82) is 5.26 Å². The highest BCUT2D eigenvalue weighted by Gasteiger charge is 2.23. The molecule has 4 heteroatoms. The van der Waals surface area contributed by atoms with Crippen LogP contribution in [0.15, 0.2) is 12.2 Å². The van der Waals surface area contributed by atoms with Gasteiger partial charge in [-0.15, -0.1) is 0 Å². The predicted molar refractivity (Wildman–Crippen MR) is 50.7 cm³/mol. The Bertz CT molecular complexity index is 252. The molecule has 4 nitrogen and oxygen atoms in total. The minimum Gasteiger partial charge on any atom is -0.366 e. The molecule has 0 heterocycles. The van der Waals surface area contributed by atoms with Gasteiger partial charge < -0.3 is 5.73 Å². The summed E-state index contributed by atoms with van der Waals surface area (Å²) in [5, 5.41) is 8.59. The fraction of sp³-hybridized carbons (Fsp3) is 0.556. The van der Waals surface area contributed by atoms with E-state index in [0.29, 0.717) is 6.42 Å². The normalized spacial score (nSPS) is 15.6. The highest BCUT2D eigenvalue weighted by atomic mass is 16.1. The van der Waals surface area contributed by atoms with E-state index < -0.39 is 11.4 Å². The van der Waals surface area contributed by atoms with Crippen LogP contribution in [0.2, 0.25) is 0 Å². The Morgan fingerprint density at radius 1 is 1.69 bits per heavy atom. The number of carbonyl (C=O) groups is 1. The molecule has 13 heavy (non-hydrogen) atoms. The van der Waals surface area contributed by atoms with E-state index in [9.17, 15) is 4.79 Å². The lowest BCUT2D eigenvalue weighted by molar-refractivity contribution is -0.113. The summed E-state index contributed by atoms with van der Waals surface area (Å²) in [7, 11) is 3.70. The monoisotopic (exact) mass is 181 g/mol. The van der Waals surface area contributed by atoms with E-state index >= 15 is 0 Å². The highest BCUT2D eigenvalue weighted by molar-refractivity contribution is 5.85. The highest BCUT2D eigenvalue weighted by Crippen LogP contribution is 2.17. The minimum absolute atomic E-state index is 0.323. The third-order valence-electron chi connectivity index (χ3n) is 2.07. The largest absolute Gasteiger partial charge is 0.366 e. The van der Waals surface area contributed by atoms with Crippen molar-refractivity contribution < 1.29 is 4.79 Å². The second-order valence-corrected chi connectivity index (χ2v) is 3.32. The Kier molecular flexibility index (Phi) is 4.15. The van der Waals surface area contributed by atoms with Crippen molar-refractivity contribution in [3.05, 3.63) is 12.2 Å². The molecule has 0 aliphatic rings. The third kappa shape index (κ3) is 3.72. The molecule has 0 aromatic heterocycles. The van der Waals surface area contributed by atoms with Gasteiger partial charge >= 0.3 is 0 Å². The van der Waals surface area contributed by atoms with Gasteiger partial charge in [-0.25, -0.2) is 0 Å². The first-order valence-electron chi connectivity index (χ1n) is 3.95. The van der Waals surface area contributed by atoms with Gasteiger partial charge in [0.15, 0.2) is 0 Å². The smallest absolute Gasteiger partial charge is 0.241 e. The van der Waals surface area contributed by atoms with Crippen molar-refractivity contribution in [2.45, 2.75) is 18.9 Å². The van der Waals surface area contributed by atoms with Crippen LogP contribution in [0.5, 0.6) is 0 Å². The van der Waals surface area contributed by atoms with E-state index in [4.69, 9.17) is 11.0 Å². The molecule has 72 valence electrons. The molecule has 0 aliphatic heterocycles. The van der Waals surface area contributed by atoms with E-state index in [1.807, 2.05) is 25.9 Å². The predicted octanol–water partition coefficient (Wildman–Crippen LogP) is 0.262. The molecular formula is C9H15N3O. The van der Waals surface area contributed by atoms with Crippen LogP contribution in [0.1, 0.15) is 13.3 Å². The van der Waals surface area contributed by atoms with Gasteiger partial charge in [-0.1, -0.05) is 6.08 Å². The summed E-state index contributed by atoms with van der Waals surface area (Å²) in [5.41, 5.74) is 4.54. The van der Waals surface area contributed by atoms with Crippen LogP contribution in [0.25, 0.3) is 0 Å². The number of carbonyl (C=O) groups excluding carboxylic acids is 1. The first-order valence-corrected chi connectivity index (χ1v) is 3.95. The number of likely N-dealkylation sites (N-methyl/N-ethyl adjacent to an activating group) is 1. The molecule has 0 saturated carbocycles. The topological polar surface area (TPSA) is 70.1 Å². The van der Waals surface area contributed by atoms with E-state index in [1.54, 1.807) is 6.08 Å². The zero-order chi connectivity index (χ0) is 10.5. The third-order valence-corrected chi connectivity index (χ3v) is 2.07. The van der Waals surface area contributed by atoms with E-state index in [2.05, 4.69) is 6.07 Å². The van der Waals surface area contributed by atoms with Crippen LogP contribution in [0.4, 0.5) is 0 Å². The molecule has 1 unspecified atom stereocenters. The van der Waals surface area contributed by atoms with Crippen LogP contribution in [-0.2, 0) is 4.79 Å². The molecule has 0 radical (unpaired) electrons. The first kappa shape index (κ1) is 11.7. The molecule has 1 amide bonds. The van der Waals surface area contributed by atoms with Gasteiger partial charge in [0.1, 0.15) is 0 Å². The Morgan fingerprint density at radius 3 is 2.54 bits per heavy atom. The van der Waals surface area contributed by atoms with E-state index in [1.165, 1.54) is 6.08 Å². The van der Waals surface area contributed by atoms with Gasteiger partial charge in [-0.3, -0.25) is 9.69 Å². The Morgan fingerprint density at radius 2 is 2.23 bits per heavy atom. The van der Waals surface area contributed by atoms with Crippen LogP contribution in [-0.4, -0.2) is 30.4 Å². The molecule has 0 rings (SSSR count). The molecule has 1 atom stereocenters. The number of rotatable bonds is 4. The van der Waals surface area contributed by atoms with Crippen LogP contribution in [0.3, 0.4) is 0 Å². The molecule has 0 aliphatic carbocycles. The van der Waals surface area contributed by atoms with Gasteiger partial charge in [0.25, 0.3) is 0 Å². The van der Waals surface area contributed by atoms with Crippen molar-refractivity contribution in [3.63, 3.8) is 0 Å². The number of hydrogen-bond donors (Lipinski definition) is 1. The number of nitrogens with zero attached hydrogens (tertiary/aromatic N) is 2. The van der Waals surface area contributed by atoms with Gasteiger partial charge in [-0.2, -0.15) is 5.26 Å². The summed E-state index contributed by atoms with van der Waals surface area (Å²) in [5.74, 6) is -0.494. The van der Waals surface area contributed by atoms with Crippen molar-refractivity contribution in [2.75, 3.05) is 14.1 Å². The second-order valence-electron chi connectivity index (χ2n) is 3.32. The average Bonchev–Trinajstić information content (AvgIpc) is 2.01. The minimum atomic E-state index is -0.494. The standard InChI is InChI=1S/C9H15N3O/c1-9(6-7-10,12(2)3)5-4-8(11)13/h4-5H,6H2,1-3H3,(H2,11,13). The van der Waals surface area contributed by atoms with Gasteiger partial charge in [0.05, 0.1) is 12.5 Å². The maximum atomic E-state index is 10.5. The average molecular weight is 181 g/mol. The number of nitriles is 1. The zero-order valence-electron chi connectivity index (χ0n) is 8.24. The summed E-state index contributed by atoms with van der Waals surface area (Å²) in [6.07, 6.45) is 3.26. The Labute approximate surface area is 78.6 Å². The van der Waals surface area contributed by atoms with Crippen LogP contribution < -0.4 is 5.73 Å². The summed E-state index contributed by atoms with van der Waals surface area (Å²) >= 11 is 0. The quantitative estimate of drug-likeness (QED) is 0.632. The van der Waals surface area contributed by atoms with E-state index in [0.717, 1.165) is 0 Å². The Balaban J connectivity index is 4.62. The number of hydrogen-bond acceptors (Lipinski definition) is 3. The number of nitrogens with two attached hydrogens (primary N) is 1. The van der Waals surface area contributed by atoms with Crippen molar-refractivity contribution in [1.82, 2.24) is 4.90 Å². The molecule has 0 bridgehead atoms. The Hall–Kier alpha value is -1.34. The van der Waals surface area contributed by atoms with Crippen molar-refractivity contribution in [3.8, 4) is 6.07 Å². The maximum absolute atomic E-state index is 10.5. The van der Waals surface area contributed by atoms with Gasteiger partial charge in [0.2, 0.25) is 5.91 Å². The van der Waals surface area contributed by atoms with Crippen molar-refractivity contribution in [2.24, 2.45) is 5.73 Å². The number of primary amides is 1. The lowest BCUT2D eigenvalue weighted by Crippen LogP contribution is -2.39.